The minimum atomic E-state index is 0.606. The maximum absolute atomic E-state index is 5.55. The highest BCUT2D eigenvalue weighted by atomic mass is 16.5. The summed E-state index contributed by atoms with van der Waals surface area (Å²) >= 11 is 0. The molecule has 0 amide bonds. The van der Waals surface area contributed by atoms with Crippen molar-refractivity contribution < 1.29 is 4.74 Å². The van der Waals surface area contributed by atoms with Crippen LogP contribution in [0, 0.1) is 5.92 Å². The van der Waals surface area contributed by atoms with E-state index in [4.69, 9.17) is 4.74 Å². The largest absolute Gasteiger partial charge is 0.381 e. The van der Waals surface area contributed by atoms with Crippen molar-refractivity contribution in [2.45, 2.75) is 44.7 Å². The average molecular weight is 226 g/mol. The van der Waals surface area contributed by atoms with Crippen LogP contribution in [0.1, 0.15) is 32.6 Å². The summed E-state index contributed by atoms with van der Waals surface area (Å²) in [5.41, 5.74) is 0. The third-order valence-electron chi connectivity index (χ3n) is 4.25. The van der Waals surface area contributed by atoms with Crippen LogP contribution in [0.15, 0.2) is 0 Å². The number of rotatable bonds is 4. The Hall–Kier alpha value is -0.120. The molecular weight excluding hydrogens is 200 g/mol. The van der Waals surface area contributed by atoms with Crippen molar-refractivity contribution in [2.24, 2.45) is 5.92 Å². The minimum Gasteiger partial charge on any atom is -0.381 e. The summed E-state index contributed by atoms with van der Waals surface area (Å²) in [6, 6.07) is 1.36. The first kappa shape index (κ1) is 12.3. The number of nitrogens with zero attached hydrogens (tertiary/aromatic N) is 1. The maximum atomic E-state index is 5.55. The van der Waals surface area contributed by atoms with E-state index in [-0.39, 0.29) is 0 Å². The molecule has 1 N–H and O–H groups in total. The first-order valence-corrected chi connectivity index (χ1v) is 6.78. The van der Waals surface area contributed by atoms with Gasteiger partial charge < -0.3 is 15.0 Å². The second kappa shape index (κ2) is 5.99. The molecule has 0 spiro atoms. The summed E-state index contributed by atoms with van der Waals surface area (Å²) in [5, 5.41) is 3.70. The van der Waals surface area contributed by atoms with Crippen LogP contribution in [-0.4, -0.2) is 50.3 Å². The Kier molecular flexibility index (Phi) is 4.62. The molecule has 3 heteroatoms. The quantitative estimate of drug-likeness (QED) is 0.786. The summed E-state index contributed by atoms with van der Waals surface area (Å²) in [6.45, 7) is 6.65. The van der Waals surface area contributed by atoms with E-state index in [1.54, 1.807) is 0 Å². The van der Waals surface area contributed by atoms with Gasteiger partial charge >= 0.3 is 0 Å². The predicted octanol–water partition coefficient (Wildman–Crippen LogP) is 1.49. The van der Waals surface area contributed by atoms with Gasteiger partial charge in [0.2, 0.25) is 0 Å². The van der Waals surface area contributed by atoms with Crippen LogP contribution in [0.5, 0.6) is 0 Å². The Morgan fingerprint density at radius 1 is 1.38 bits per heavy atom. The van der Waals surface area contributed by atoms with Crippen molar-refractivity contribution in [2.75, 3.05) is 33.4 Å². The number of ether oxygens (including phenoxy) is 1. The van der Waals surface area contributed by atoms with Gasteiger partial charge in [-0.3, -0.25) is 0 Å². The van der Waals surface area contributed by atoms with Gasteiger partial charge in [0.15, 0.2) is 0 Å². The molecule has 2 heterocycles. The van der Waals surface area contributed by atoms with Crippen LogP contribution in [0.4, 0.5) is 0 Å². The fourth-order valence-electron chi connectivity index (χ4n) is 2.89. The second-order valence-electron chi connectivity index (χ2n) is 5.45. The van der Waals surface area contributed by atoms with Gasteiger partial charge in [0.1, 0.15) is 0 Å². The molecule has 2 rings (SSSR count). The van der Waals surface area contributed by atoms with Crippen molar-refractivity contribution in [1.29, 1.82) is 0 Å². The first-order chi connectivity index (χ1) is 7.77. The van der Waals surface area contributed by atoms with Crippen molar-refractivity contribution in [3.05, 3.63) is 0 Å². The van der Waals surface area contributed by atoms with E-state index < -0.39 is 0 Å². The lowest BCUT2D eigenvalue weighted by molar-refractivity contribution is 0.0412. The Labute approximate surface area is 99.5 Å². The van der Waals surface area contributed by atoms with Gasteiger partial charge in [0.05, 0.1) is 6.61 Å². The van der Waals surface area contributed by atoms with E-state index in [9.17, 15) is 0 Å². The summed E-state index contributed by atoms with van der Waals surface area (Å²) < 4.78 is 5.55. The Balaban J connectivity index is 1.68. The molecule has 0 aromatic heterocycles. The highest BCUT2D eigenvalue weighted by Crippen LogP contribution is 2.18. The Bertz CT molecular complexity index is 204. The fourth-order valence-corrected chi connectivity index (χ4v) is 2.89. The Morgan fingerprint density at radius 3 is 2.88 bits per heavy atom. The molecule has 3 unspecified atom stereocenters. The third-order valence-corrected chi connectivity index (χ3v) is 4.25. The van der Waals surface area contributed by atoms with E-state index in [0.29, 0.717) is 6.04 Å². The molecular formula is C13H26N2O. The van der Waals surface area contributed by atoms with Crippen molar-refractivity contribution in [3.8, 4) is 0 Å². The fraction of sp³-hybridized carbons (Fsp3) is 1.00. The predicted molar refractivity (Wildman–Crippen MR) is 66.7 cm³/mol. The van der Waals surface area contributed by atoms with Crippen LogP contribution >= 0.6 is 0 Å². The molecule has 2 saturated heterocycles. The van der Waals surface area contributed by atoms with Crippen molar-refractivity contribution in [1.82, 2.24) is 10.2 Å². The van der Waals surface area contributed by atoms with Gasteiger partial charge in [0.25, 0.3) is 0 Å². The smallest absolute Gasteiger partial charge is 0.0509 e. The molecule has 0 aromatic rings. The lowest BCUT2D eigenvalue weighted by Gasteiger charge is -2.30. The van der Waals surface area contributed by atoms with E-state index in [1.807, 2.05) is 0 Å². The molecule has 3 atom stereocenters. The van der Waals surface area contributed by atoms with Crippen LogP contribution in [0.25, 0.3) is 0 Å². The van der Waals surface area contributed by atoms with Crippen molar-refractivity contribution >= 4 is 0 Å². The second-order valence-corrected chi connectivity index (χ2v) is 5.45. The third kappa shape index (κ3) is 3.19. The van der Waals surface area contributed by atoms with Crippen LogP contribution in [0.2, 0.25) is 0 Å². The molecule has 94 valence electrons. The van der Waals surface area contributed by atoms with E-state index >= 15 is 0 Å². The zero-order valence-electron chi connectivity index (χ0n) is 10.7. The van der Waals surface area contributed by atoms with E-state index in [2.05, 4.69) is 24.2 Å². The maximum Gasteiger partial charge on any atom is 0.0509 e. The molecule has 0 aromatic carbocycles. The van der Waals surface area contributed by atoms with Gasteiger partial charge in [0, 0.05) is 25.2 Å². The highest BCUT2D eigenvalue weighted by molar-refractivity contribution is 4.81. The van der Waals surface area contributed by atoms with Crippen LogP contribution in [0.3, 0.4) is 0 Å². The number of likely N-dealkylation sites (tertiary alicyclic amines) is 1. The summed E-state index contributed by atoms with van der Waals surface area (Å²) in [4.78, 5) is 2.48. The average Bonchev–Trinajstić information content (AvgIpc) is 2.73. The number of hydrogen-bond donors (Lipinski definition) is 1. The van der Waals surface area contributed by atoms with E-state index in [1.165, 1.54) is 32.2 Å². The SMILES string of the molecule is CC(NCC1CCCN1C)C1CCCOC1. The number of hydrogen-bond acceptors (Lipinski definition) is 3. The lowest BCUT2D eigenvalue weighted by Crippen LogP contribution is -2.44. The van der Waals surface area contributed by atoms with Gasteiger partial charge in [-0.05, 0) is 52.1 Å². The molecule has 0 saturated carbocycles. The zero-order chi connectivity index (χ0) is 11.4. The Morgan fingerprint density at radius 2 is 2.25 bits per heavy atom. The van der Waals surface area contributed by atoms with Gasteiger partial charge in [-0.25, -0.2) is 0 Å². The monoisotopic (exact) mass is 226 g/mol. The summed E-state index contributed by atoms with van der Waals surface area (Å²) in [5.74, 6) is 0.723. The molecule has 2 aliphatic heterocycles. The normalized spacial score (nSPS) is 34.1. The molecule has 16 heavy (non-hydrogen) atoms. The van der Waals surface area contributed by atoms with E-state index in [0.717, 1.165) is 31.7 Å². The van der Waals surface area contributed by atoms with Gasteiger partial charge in [-0.1, -0.05) is 0 Å². The van der Waals surface area contributed by atoms with Crippen LogP contribution in [-0.2, 0) is 4.74 Å². The summed E-state index contributed by atoms with van der Waals surface area (Å²) in [7, 11) is 2.24. The van der Waals surface area contributed by atoms with Crippen LogP contribution < -0.4 is 5.32 Å². The molecule has 3 nitrogen and oxygen atoms in total. The molecule has 2 fully saturated rings. The zero-order valence-corrected chi connectivity index (χ0v) is 10.7. The van der Waals surface area contributed by atoms with Gasteiger partial charge in [-0.15, -0.1) is 0 Å². The highest BCUT2D eigenvalue weighted by Gasteiger charge is 2.24. The summed E-state index contributed by atoms with van der Waals surface area (Å²) in [6.07, 6.45) is 5.29. The van der Waals surface area contributed by atoms with Gasteiger partial charge in [-0.2, -0.15) is 0 Å². The number of nitrogens with one attached hydrogen (secondary N) is 1. The minimum absolute atomic E-state index is 0.606. The molecule has 2 aliphatic rings. The lowest BCUT2D eigenvalue weighted by atomic mass is 9.95. The molecule has 0 bridgehead atoms. The van der Waals surface area contributed by atoms with Crippen molar-refractivity contribution in [3.63, 3.8) is 0 Å². The topological polar surface area (TPSA) is 24.5 Å². The number of likely N-dealkylation sites (N-methyl/N-ethyl adjacent to an activating group) is 1. The standard InChI is InChI=1S/C13H26N2O/c1-11(12-5-4-8-16-10-12)14-9-13-6-3-7-15(13)2/h11-14H,3-10H2,1-2H3. The first-order valence-electron chi connectivity index (χ1n) is 6.78. The molecule has 0 radical (unpaired) electrons. The molecule has 0 aliphatic carbocycles.